The fourth-order valence-electron chi connectivity index (χ4n) is 2.28. The van der Waals surface area contributed by atoms with Crippen molar-refractivity contribution in [3.63, 3.8) is 0 Å². The molecule has 1 heterocycles. The van der Waals surface area contributed by atoms with E-state index in [0.717, 1.165) is 38.3 Å². The van der Waals surface area contributed by atoms with Crippen molar-refractivity contribution < 1.29 is 14.8 Å². The number of rotatable bonds is 5. The van der Waals surface area contributed by atoms with Crippen molar-refractivity contribution in [2.45, 2.75) is 6.54 Å². The van der Waals surface area contributed by atoms with E-state index in [1.165, 1.54) is 12.1 Å². The number of aliphatic carboxylic acids is 1. The normalized spacial score (nSPS) is 17.0. The maximum Gasteiger partial charge on any atom is 0.317 e. The summed E-state index contributed by atoms with van der Waals surface area (Å²) in [6, 6.07) is 6.55. The third kappa shape index (κ3) is 4.01. The molecule has 0 aliphatic carbocycles. The lowest BCUT2D eigenvalue weighted by Crippen LogP contribution is -2.47. The minimum Gasteiger partial charge on any atom is -0.480 e. The number of carboxylic acid groups (broad SMARTS) is 1. The van der Waals surface area contributed by atoms with Crippen molar-refractivity contribution in [2.24, 2.45) is 0 Å². The van der Waals surface area contributed by atoms with Crippen molar-refractivity contribution in [1.82, 2.24) is 9.80 Å². The zero-order chi connectivity index (χ0) is 14.5. The summed E-state index contributed by atoms with van der Waals surface area (Å²) in [7, 11) is 0. The molecule has 1 fully saturated rings. The largest absolute Gasteiger partial charge is 0.480 e. The second-order valence-corrected chi connectivity index (χ2v) is 4.87. The number of piperazine rings is 1. The first kappa shape index (κ1) is 14.4. The average Bonchev–Trinajstić information content (AvgIpc) is 2.41. The summed E-state index contributed by atoms with van der Waals surface area (Å²) in [4.78, 5) is 24.9. The molecule has 7 nitrogen and oxygen atoms in total. The molecule has 1 N–H and O–H groups in total. The number of nitrogens with zero attached hydrogens (tertiary/aromatic N) is 3. The third-order valence-corrected chi connectivity index (χ3v) is 3.38. The van der Waals surface area contributed by atoms with Crippen LogP contribution >= 0.6 is 0 Å². The van der Waals surface area contributed by atoms with Crippen LogP contribution in [-0.4, -0.2) is 58.5 Å². The molecule has 20 heavy (non-hydrogen) atoms. The van der Waals surface area contributed by atoms with Crippen LogP contribution in [0.25, 0.3) is 0 Å². The summed E-state index contributed by atoms with van der Waals surface area (Å²) in [5.74, 6) is -0.797. The van der Waals surface area contributed by atoms with Gasteiger partial charge in [-0.05, 0) is 5.56 Å². The van der Waals surface area contributed by atoms with Gasteiger partial charge in [-0.3, -0.25) is 24.7 Å². The van der Waals surface area contributed by atoms with E-state index >= 15 is 0 Å². The first-order chi connectivity index (χ1) is 9.54. The number of hydrogen-bond acceptors (Lipinski definition) is 5. The Labute approximate surface area is 116 Å². The van der Waals surface area contributed by atoms with Crippen molar-refractivity contribution in [1.29, 1.82) is 0 Å². The number of carboxylic acids is 1. The van der Waals surface area contributed by atoms with Crippen LogP contribution in [-0.2, 0) is 11.3 Å². The van der Waals surface area contributed by atoms with E-state index in [4.69, 9.17) is 5.11 Å². The van der Waals surface area contributed by atoms with Gasteiger partial charge in [0.15, 0.2) is 0 Å². The maximum atomic E-state index is 10.6. The highest BCUT2D eigenvalue weighted by molar-refractivity contribution is 5.69. The minimum absolute atomic E-state index is 0.0887. The van der Waals surface area contributed by atoms with Crippen molar-refractivity contribution >= 4 is 11.7 Å². The fraction of sp³-hybridized carbons (Fsp3) is 0.462. The van der Waals surface area contributed by atoms with Gasteiger partial charge in [0, 0.05) is 44.9 Å². The second-order valence-electron chi connectivity index (χ2n) is 4.87. The Morgan fingerprint density at radius 3 is 2.20 bits per heavy atom. The molecule has 0 unspecified atom stereocenters. The predicted octanol–water partition coefficient (Wildman–Crippen LogP) is 0.797. The first-order valence-corrected chi connectivity index (χ1v) is 6.44. The minimum atomic E-state index is -0.797. The van der Waals surface area contributed by atoms with Crippen LogP contribution in [0.15, 0.2) is 24.3 Å². The summed E-state index contributed by atoms with van der Waals surface area (Å²) in [5, 5.41) is 19.3. The van der Waals surface area contributed by atoms with Crippen LogP contribution in [0.2, 0.25) is 0 Å². The van der Waals surface area contributed by atoms with Gasteiger partial charge < -0.3 is 5.11 Å². The van der Waals surface area contributed by atoms with Crippen molar-refractivity contribution in [2.75, 3.05) is 32.7 Å². The molecule has 1 aliphatic rings. The van der Waals surface area contributed by atoms with Gasteiger partial charge in [-0.1, -0.05) is 12.1 Å². The molecule has 0 radical (unpaired) electrons. The number of carbonyl (C=O) groups is 1. The van der Waals surface area contributed by atoms with Gasteiger partial charge >= 0.3 is 5.97 Å². The molecule has 0 atom stereocenters. The van der Waals surface area contributed by atoms with E-state index in [9.17, 15) is 14.9 Å². The molecule has 2 rings (SSSR count). The Balaban J connectivity index is 1.83. The first-order valence-electron chi connectivity index (χ1n) is 6.44. The van der Waals surface area contributed by atoms with E-state index in [2.05, 4.69) is 4.90 Å². The van der Waals surface area contributed by atoms with Crippen LogP contribution in [0.1, 0.15) is 5.56 Å². The molecule has 1 saturated heterocycles. The molecule has 0 spiro atoms. The van der Waals surface area contributed by atoms with Crippen LogP contribution in [0, 0.1) is 10.1 Å². The third-order valence-electron chi connectivity index (χ3n) is 3.38. The molecule has 0 saturated carbocycles. The monoisotopic (exact) mass is 279 g/mol. The van der Waals surface area contributed by atoms with Gasteiger partial charge in [0.05, 0.1) is 11.5 Å². The smallest absolute Gasteiger partial charge is 0.317 e. The second kappa shape index (κ2) is 6.44. The molecular formula is C13H17N3O4. The Morgan fingerprint density at radius 1 is 1.15 bits per heavy atom. The molecule has 0 bridgehead atoms. The summed E-state index contributed by atoms with van der Waals surface area (Å²) < 4.78 is 0. The summed E-state index contributed by atoms with van der Waals surface area (Å²) in [5.41, 5.74) is 1.13. The van der Waals surface area contributed by atoms with Crippen molar-refractivity contribution in [3.05, 3.63) is 39.9 Å². The van der Waals surface area contributed by atoms with E-state index in [-0.39, 0.29) is 12.2 Å². The zero-order valence-electron chi connectivity index (χ0n) is 11.1. The zero-order valence-corrected chi connectivity index (χ0v) is 11.1. The van der Waals surface area contributed by atoms with E-state index in [0.29, 0.717) is 0 Å². The number of hydrogen-bond donors (Lipinski definition) is 1. The molecular weight excluding hydrogens is 262 g/mol. The lowest BCUT2D eigenvalue weighted by Gasteiger charge is -2.33. The summed E-state index contributed by atoms with van der Waals surface area (Å²) >= 11 is 0. The van der Waals surface area contributed by atoms with E-state index < -0.39 is 10.9 Å². The van der Waals surface area contributed by atoms with Crippen LogP contribution < -0.4 is 0 Å². The Kier molecular flexibility index (Phi) is 4.65. The topological polar surface area (TPSA) is 86.9 Å². The lowest BCUT2D eigenvalue weighted by atomic mass is 10.2. The Bertz CT molecular complexity index is 481. The van der Waals surface area contributed by atoms with Crippen molar-refractivity contribution in [3.8, 4) is 0 Å². The van der Waals surface area contributed by atoms with Gasteiger partial charge in [0.2, 0.25) is 0 Å². The van der Waals surface area contributed by atoms with Gasteiger partial charge in [-0.15, -0.1) is 0 Å². The molecule has 7 heteroatoms. The van der Waals surface area contributed by atoms with Gasteiger partial charge in [-0.25, -0.2) is 0 Å². The molecule has 108 valence electrons. The Hall–Kier alpha value is -1.99. The van der Waals surface area contributed by atoms with E-state index in [1.807, 2.05) is 4.90 Å². The van der Waals surface area contributed by atoms with Crippen LogP contribution in [0.4, 0.5) is 5.69 Å². The molecule has 0 amide bonds. The summed E-state index contributed by atoms with van der Waals surface area (Å²) in [6.07, 6.45) is 0. The number of benzene rings is 1. The maximum absolute atomic E-state index is 10.6. The molecule has 1 aromatic carbocycles. The van der Waals surface area contributed by atoms with Gasteiger partial charge in [-0.2, -0.15) is 0 Å². The average molecular weight is 279 g/mol. The van der Waals surface area contributed by atoms with Crippen LogP contribution in [0.5, 0.6) is 0 Å². The number of non-ortho nitro benzene ring substituents is 1. The van der Waals surface area contributed by atoms with Gasteiger partial charge in [0.25, 0.3) is 5.69 Å². The highest BCUT2D eigenvalue weighted by Crippen LogP contribution is 2.14. The molecule has 1 aromatic rings. The fourth-order valence-corrected chi connectivity index (χ4v) is 2.28. The Morgan fingerprint density at radius 2 is 1.70 bits per heavy atom. The van der Waals surface area contributed by atoms with Crippen LogP contribution in [0.3, 0.4) is 0 Å². The quantitative estimate of drug-likeness (QED) is 0.633. The van der Waals surface area contributed by atoms with E-state index in [1.54, 1.807) is 12.1 Å². The highest BCUT2D eigenvalue weighted by atomic mass is 16.6. The SMILES string of the molecule is O=C(O)CN1CCN(Cc2ccc([N+](=O)[O-])cc2)CC1. The standard InChI is InChI=1S/C13H17N3O4/c17-13(18)10-15-7-5-14(6-8-15)9-11-1-3-12(4-2-11)16(19)20/h1-4H,5-10H2,(H,17,18). The molecule has 1 aliphatic heterocycles. The molecule has 0 aromatic heterocycles. The predicted molar refractivity (Wildman–Crippen MR) is 72.4 cm³/mol. The summed E-state index contributed by atoms with van der Waals surface area (Å²) in [6.45, 7) is 3.91. The van der Waals surface area contributed by atoms with Gasteiger partial charge in [0.1, 0.15) is 0 Å². The lowest BCUT2D eigenvalue weighted by molar-refractivity contribution is -0.384. The number of nitro groups is 1. The highest BCUT2D eigenvalue weighted by Gasteiger charge is 2.18. The number of nitro benzene ring substituents is 1.